The molecule has 0 aliphatic carbocycles. The quantitative estimate of drug-likeness (QED) is 0.913. The average molecular weight is 282 g/mol. The maximum absolute atomic E-state index is 12.1. The summed E-state index contributed by atoms with van der Waals surface area (Å²) in [5, 5.41) is 2.97. The highest BCUT2D eigenvalue weighted by molar-refractivity contribution is 5.94. The largest absolute Gasteiger partial charge is 0.373 e. The second-order valence-corrected chi connectivity index (χ2v) is 5.39. The van der Waals surface area contributed by atoms with Crippen LogP contribution >= 0.6 is 0 Å². The molecule has 0 atom stereocenters. The summed E-state index contributed by atoms with van der Waals surface area (Å²) in [6.45, 7) is 5.41. The van der Waals surface area contributed by atoms with Crippen molar-refractivity contribution in [3.63, 3.8) is 0 Å². The Kier molecular flexibility index (Phi) is 4.99. The molecule has 3 heteroatoms. The van der Waals surface area contributed by atoms with E-state index in [9.17, 15) is 4.79 Å². The Morgan fingerprint density at radius 1 is 1.05 bits per heavy atom. The van der Waals surface area contributed by atoms with Crippen LogP contribution in [0, 0.1) is 13.8 Å². The van der Waals surface area contributed by atoms with E-state index in [0.717, 1.165) is 28.9 Å². The molecule has 0 aliphatic heterocycles. The average Bonchev–Trinajstić information content (AvgIpc) is 2.47. The lowest BCUT2D eigenvalue weighted by Gasteiger charge is -2.19. The fraction of sp³-hybridized carbons (Fsp3) is 0.278. The molecule has 0 aromatic heterocycles. The molecule has 3 nitrogen and oxygen atoms in total. The number of para-hydroxylation sites is 1. The predicted octanol–water partition coefficient (Wildman–Crippen LogP) is 3.17. The first-order valence-electron chi connectivity index (χ1n) is 7.19. The van der Waals surface area contributed by atoms with E-state index >= 15 is 0 Å². The van der Waals surface area contributed by atoms with Crippen LogP contribution in [-0.4, -0.2) is 26.0 Å². The number of anilines is 1. The summed E-state index contributed by atoms with van der Waals surface area (Å²) in [5.74, 6) is -0.0109. The van der Waals surface area contributed by atoms with Crippen LogP contribution in [0.5, 0.6) is 0 Å². The maximum Gasteiger partial charge on any atom is 0.251 e. The lowest BCUT2D eigenvalue weighted by molar-refractivity contribution is 0.0954. The molecule has 0 saturated heterocycles. The van der Waals surface area contributed by atoms with Gasteiger partial charge in [-0.15, -0.1) is 0 Å². The summed E-state index contributed by atoms with van der Waals surface area (Å²) in [5.41, 5.74) is 4.11. The van der Waals surface area contributed by atoms with E-state index in [-0.39, 0.29) is 5.91 Å². The van der Waals surface area contributed by atoms with Gasteiger partial charge in [-0.25, -0.2) is 0 Å². The van der Waals surface area contributed by atoms with E-state index in [1.165, 1.54) is 0 Å². The molecule has 0 spiro atoms. The van der Waals surface area contributed by atoms with Crippen molar-refractivity contribution in [3.8, 4) is 0 Å². The molecule has 0 heterocycles. The smallest absolute Gasteiger partial charge is 0.251 e. The maximum atomic E-state index is 12.1. The monoisotopic (exact) mass is 282 g/mol. The highest BCUT2D eigenvalue weighted by Crippen LogP contribution is 2.10. The van der Waals surface area contributed by atoms with Crippen LogP contribution in [0.25, 0.3) is 0 Å². The third kappa shape index (κ3) is 4.35. The third-order valence-electron chi connectivity index (χ3n) is 3.41. The zero-order valence-electron chi connectivity index (χ0n) is 12.9. The standard InChI is InChI=1S/C18H22N2O/c1-14-11-15(2)13-16(12-14)18(21)19-9-10-20(3)17-7-5-4-6-8-17/h4-8,11-13H,9-10H2,1-3H3,(H,19,21). The number of carbonyl (C=O) groups is 1. The van der Waals surface area contributed by atoms with Gasteiger partial charge in [0.2, 0.25) is 0 Å². The van der Waals surface area contributed by atoms with Crippen LogP contribution in [0.3, 0.4) is 0 Å². The molecule has 1 N–H and O–H groups in total. The van der Waals surface area contributed by atoms with Crippen LogP contribution in [0.2, 0.25) is 0 Å². The van der Waals surface area contributed by atoms with Crippen LogP contribution < -0.4 is 10.2 Å². The molecular weight excluding hydrogens is 260 g/mol. The zero-order chi connectivity index (χ0) is 15.2. The van der Waals surface area contributed by atoms with Gasteiger partial charge in [0.1, 0.15) is 0 Å². The van der Waals surface area contributed by atoms with Gasteiger partial charge in [0, 0.05) is 31.4 Å². The van der Waals surface area contributed by atoms with Crippen molar-refractivity contribution in [2.75, 3.05) is 25.0 Å². The van der Waals surface area contributed by atoms with Crippen molar-refractivity contribution in [2.45, 2.75) is 13.8 Å². The lowest BCUT2D eigenvalue weighted by atomic mass is 10.1. The Morgan fingerprint density at radius 3 is 2.29 bits per heavy atom. The van der Waals surface area contributed by atoms with E-state index in [1.807, 2.05) is 51.2 Å². The molecule has 0 saturated carbocycles. The van der Waals surface area contributed by atoms with Crippen LogP contribution in [0.4, 0.5) is 5.69 Å². The second kappa shape index (κ2) is 6.93. The summed E-state index contributed by atoms with van der Waals surface area (Å²) in [7, 11) is 2.03. The Morgan fingerprint density at radius 2 is 1.67 bits per heavy atom. The van der Waals surface area contributed by atoms with Crippen molar-refractivity contribution in [3.05, 3.63) is 65.2 Å². The van der Waals surface area contributed by atoms with Gasteiger partial charge in [0.05, 0.1) is 0 Å². The van der Waals surface area contributed by atoms with Crippen molar-refractivity contribution < 1.29 is 4.79 Å². The van der Waals surface area contributed by atoms with E-state index in [2.05, 4.69) is 28.4 Å². The zero-order valence-corrected chi connectivity index (χ0v) is 12.9. The number of hydrogen-bond donors (Lipinski definition) is 1. The fourth-order valence-corrected chi connectivity index (χ4v) is 2.36. The number of aryl methyl sites for hydroxylation is 2. The Bertz CT molecular complexity index is 588. The third-order valence-corrected chi connectivity index (χ3v) is 3.41. The van der Waals surface area contributed by atoms with Gasteiger partial charge in [-0.2, -0.15) is 0 Å². The van der Waals surface area contributed by atoms with Gasteiger partial charge in [0.15, 0.2) is 0 Å². The van der Waals surface area contributed by atoms with Gasteiger partial charge in [0.25, 0.3) is 5.91 Å². The van der Waals surface area contributed by atoms with Crippen molar-refractivity contribution in [1.29, 1.82) is 0 Å². The number of nitrogens with zero attached hydrogens (tertiary/aromatic N) is 1. The molecule has 110 valence electrons. The minimum absolute atomic E-state index is 0.0109. The summed E-state index contributed by atoms with van der Waals surface area (Å²) in [4.78, 5) is 14.3. The molecule has 0 unspecified atom stereocenters. The molecule has 0 radical (unpaired) electrons. The highest BCUT2D eigenvalue weighted by atomic mass is 16.1. The molecule has 1 amide bonds. The van der Waals surface area contributed by atoms with Crippen LogP contribution in [0.1, 0.15) is 21.5 Å². The predicted molar refractivity (Wildman–Crippen MR) is 88.0 cm³/mol. The molecular formula is C18H22N2O. The highest BCUT2D eigenvalue weighted by Gasteiger charge is 2.07. The van der Waals surface area contributed by atoms with Gasteiger partial charge < -0.3 is 10.2 Å². The van der Waals surface area contributed by atoms with E-state index in [0.29, 0.717) is 6.54 Å². The normalized spacial score (nSPS) is 10.2. The number of amides is 1. The fourth-order valence-electron chi connectivity index (χ4n) is 2.36. The number of likely N-dealkylation sites (N-methyl/N-ethyl adjacent to an activating group) is 1. The summed E-state index contributed by atoms with van der Waals surface area (Å²) < 4.78 is 0. The summed E-state index contributed by atoms with van der Waals surface area (Å²) in [6, 6.07) is 16.1. The molecule has 21 heavy (non-hydrogen) atoms. The molecule has 0 aliphatic rings. The molecule has 0 fully saturated rings. The lowest BCUT2D eigenvalue weighted by Crippen LogP contribution is -2.33. The van der Waals surface area contributed by atoms with Gasteiger partial charge in [-0.3, -0.25) is 4.79 Å². The van der Waals surface area contributed by atoms with E-state index in [4.69, 9.17) is 0 Å². The molecule has 2 aromatic carbocycles. The Labute approximate surface area is 126 Å². The van der Waals surface area contributed by atoms with E-state index < -0.39 is 0 Å². The van der Waals surface area contributed by atoms with Crippen molar-refractivity contribution in [1.82, 2.24) is 5.32 Å². The topological polar surface area (TPSA) is 32.3 Å². The van der Waals surface area contributed by atoms with Crippen molar-refractivity contribution >= 4 is 11.6 Å². The number of nitrogens with one attached hydrogen (secondary N) is 1. The Hall–Kier alpha value is -2.29. The molecule has 2 rings (SSSR count). The summed E-state index contributed by atoms with van der Waals surface area (Å²) in [6.07, 6.45) is 0. The van der Waals surface area contributed by atoms with Gasteiger partial charge in [-0.1, -0.05) is 35.4 Å². The number of rotatable bonds is 5. The first kappa shape index (κ1) is 15.1. The second-order valence-electron chi connectivity index (χ2n) is 5.39. The molecule has 2 aromatic rings. The SMILES string of the molecule is Cc1cc(C)cc(C(=O)NCCN(C)c2ccccc2)c1. The number of carbonyl (C=O) groups excluding carboxylic acids is 1. The van der Waals surface area contributed by atoms with Crippen LogP contribution in [0.15, 0.2) is 48.5 Å². The van der Waals surface area contributed by atoms with Crippen molar-refractivity contribution in [2.24, 2.45) is 0 Å². The van der Waals surface area contributed by atoms with Gasteiger partial charge >= 0.3 is 0 Å². The first-order valence-corrected chi connectivity index (χ1v) is 7.19. The minimum Gasteiger partial charge on any atom is -0.373 e. The number of benzene rings is 2. The first-order chi connectivity index (χ1) is 10.1. The Balaban J connectivity index is 1.87. The molecule has 0 bridgehead atoms. The van der Waals surface area contributed by atoms with Gasteiger partial charge in [-0.05, 0) is 38.1 Å². The minimum atomic E-state index is -0.0109. The number of hydrogen-bond acceptors (Lipinski definition) is 2. The summed E-state index contributed by atoms with van der Waals surface area (Å²) >= 11 is 0. The van der Waals surface area contributed by atoms with E-state index in [1.54, 1.807) is 0 Å². The van der Waals surface area contributed by atoms with Crippen LogP contribution in [-0.2, 0) is 0 Å².